The molecule has 0 bridgehead atoms. The van der Waals surface area contributed by atoms with Crippen LogP contribution in [0, 0.1) is 13.8 Å². The van der Waals surface area contributed by atoms with Gasteiger partial charge in [-0.05, 0) is 43.2 Å². The summed E-state index contributed by atoms with van der Waals surface area (Å²) in [5.74, 6) is -0.111. The molecular formula is C14H14BrNO3S. The van der Waals surface area contributed by atoms with Crippen LogP contribution in [0.15, 0.2) is 45.8 Å². The molecule has 0 aliphatic carbocycles. The summed E-state index contributed by atoms with van der Waals surface area (Å²) in [5, 5.41) is 9.65. The third-order valence-corrected chi connectivity index (χ3v) is 5.26. The molecule has 2 aromatic rings. The summed E-state index contributed by atoms with van der Waals surface area (Å²) >= 11 is 3.33. The molecule has 0 unspecified atom stereocenters. The van der Waals surface area contributed by atoms with Crippen LogP contribution in [0.3, 0.4) is 0 Å². The van der Waals surface area contributed by atoms with E-state index in [1.54, 1.807) is 31.2 Å². The van der Waals surface area contributed by atoms with Crippen molar-refractivity contribution in [2.75, 3.05) is 4.72 Å². The highest BCUT2D eigenvalue weighted by molar-refractivity contribution is 9.10. The van der Waals surface area contributed by atoms with Gasteiger partial charge in [-0.1, -0.05) is 34.1 Å². The van der Waals surface area contributed by atoms with Crippen molar-refractivity contribution in [1.29, 1.82) is 0 Å². The van der Waals surface area contributed by atoms with E-state index in [-0.39, 0.29) is 16.3 Å². The molecule has 0 spiro atoms. The topological polar surface area (TPSA) is 66.4 Å². The lowest BCUT2D eigenvalue weighted by atomic mass is 10.2. The van der Waals surface area contributed by atoms with Crippen LogP contribution in [0.1, 0.15) is 11.1 Å². The van der Waals surface area contributed by atoms with Crippen molar-refractivity contribution >= 4 is 31.6 Å². The average Bonchev–Trinajstić information content (AvgIpc) is 2.36. The summed E-state index contributed by atoms with van der Waals surface area (Å²) in [6.07, 6.45) is 0. The SMILES string of the molecule is Cc1cc(C)c(S(=O)(=O)Nc2ccccc2O)cc1Br. The van der Waals surface area contributed by atoms with Gasteiger partial charge in [0.05, 0.1) is 10.6 Å². The molecule has 0 aromatic heterocycles. The molecule has 2 aromatic carbocycles. The Morgan fingerprint density at radius 1 is 1.10 bits per heavy atom. The zero-order valence-electron chi connectivity index (χ0n) is 11.0. The zero-order valence-corrected chi connectivity index (χ0v) is 13.4. The molecule has 106 valence electrons. The molecule has 0 fully saturated rings. The summed E-state index contributed by atoms with van der Waals surface area (Å²) in [4.78, 5) is 0.179. The van der Waals surface area contributed by atoms with Gasteiger partial charge in [0, 0.05) is 4.47 Å². The van der Waals surface area contributed by atoms with Gasteiger partial charge in [-0.25, -0.2) is 8.42 Å². The van der Waals surface area contributed by atoms with E-state index in [1.165, 1.54) is 12.1 Å². The van der Waals surface area contributed by atoms with Crippen LogP contribution in [-0.4, -0.2) is 13.5 Å². The van der Waals surface area contributed by atoms with Gasteiger partial charge < -0.3 is 5.11 Å². The summed E-state index contributed by atoms with van der Waals surface area (Å²) in [6.45, 7) is 3.63. The second-order valence-corrected chi connectivity index (χ2v) is 6.99. The van der Waals surface area contributed by atoms with Crippen molar-refractivity contribution in [2.24, 2.45) is 0 Å². The number of halogens is 1. The van der Waals surface area contributed by atoms with Gasteiger partial charge in [-0.3, -0.25) is 4.72 Å². The fourth-order valence-electron chi connectivity index (χ4n) is 1.86. The molecule has 0 radical (unpaired) electrons. The molecular weight excluding hydrogens is 342 g/mol. The van der Waals surface area contributed by atoms with Crippen LogP contribution in [0.25, 0.3) is 0 Å². The number of rotatable bonds is 3. The van der Waals surface area contributed by atoms with E-state index < -0.39 is 10.0 Å². The number of benzene rings is 2. The Morgan fingerprint density at radius 3 is 2.40 bits per heavy atom. The van der Waals surface area contributed by atoms with E-state index >= 15 is 0 Å². The van der Waals surface area contributed by atoms with E-state index in [0.717, 1.165) is 10.0 Å². The van der Waals surface area contributed by atoms with Crippen molar-refractivity contribution in [3.63, 3.8) is 0 Å². The Kier molecular flexibility index (Phi) is 4.06. The van der Waals surface area contributed by atoms with Gasteiger partial charge >= 0.3 is 0 Å². The van der Waals surface area contributed by atoms with Crippen molar-refractivity contribution in [2.45, 2.75) is 18.7 Å². The molecule has 4 nitrogen and oxygen atoms in total. The Hall–Kier alpha value is -1.53. The average molecular weight is 356 g/mol. The smallest absolute Gasteiger partial charge is 0.262 e. The second-order valence-electron chi connectivity index (χ2n) is 4.49. The van der Waals surface area contributed by atoms with Crippen molar-refractivity contribution in [3.05, 3.63) is 52.0 Å². The van der Waals surface area contributed by atoms with E-state index in [1.807, 2.05) is 6.92 Å². The van der Waals surface area contributed by atoms with E-state index in [0.29, 0.717) is 5.56 Å². The summed E-state index contributed by atoms with van der Waals surface area (Å²) in [7, 11) is -3.75. The van der Waals surface area contributed by atoms with Gasteiger partial charge in [0.15, 0.2) is 0 Å². The number of aromatic hydroxyl groups is 1. The fourth-order valence-corrected chi connectivity index (χ4v) is 3.68. The third kappa shape index (κ3) is 2.96. The van der Waals surface area contributed by atoms with Gasteiger partial charge in [0.25, 0.3) is 10.0 Å². The van der Waals surface area contributed by atoms with Crippen LogP contribution in [-0.2, 0) is 10.0 Å². The monoisotopic (exact) mass is 355 g/mol. The lowest BCUT2D eigenvalue weighted by molar-refractivity contribution is 0.477. The molecule has 6 heteroatoms. The number of hydrogen-bond acceptors (Lipinski definition) is 3. The van der Waals surface area contributed by atoms with Crippen LogP contribution in [0.2, 0.25) is 0 Å². The predicted octanol–water partition coefficient (Wildman–Crippen LogP) is 3.57. The summed E-state index contributed by atoms with van der Waals surface area (Å²) in [6, 6.07) is 9.56. The number of hydrogen-bond donors (Lipinski definition) is 2. The van der Waals surface area contributed by atoms with Crippen molar-refractivity contribution < 1.29 is 13.5 Å². The minimum atomic E-state index is -3.75. The minimum absolute atomic E-state index is 0.111. The first-order valence-electron chi connectivity index (χ1n) is 5.89. The van der Waals surface area contributed by atoms with Gasteiger partial charge in [-0.2, -0.15) is 0 Å². The molecule has 0 amide bonds. The first-order chi connectivity index (χ1) is 9.31. The number of aryl methyl sites for hydroxylation is 2. The summed E-state index contributed by atoms with van der Waals surface area (Å²) < 4.78 is 27.9. The standard InChI is InChI=1S/C14H14BrNO3S/c1-9-7-10(2)14(8-11(9)15)20(18,19)16-12-5-3-4-6-13(12)17/h3-8,16-17H,1-2H3. The summed E-state index contributed by atoms with van der Waals surface area (Å²) in [5.41, 5.74) is 1.77. The van der Waals surface area contributed by atoms with Crippen LogP contribution in [0.4, 0.5) is 5.69 Å². The van der Waals surface area contributed by atoms with Gasteiger partial charge in [0.2, 0.25) is 0 Å². The number of para-hydroxylation sites is 2. The molecule has 0 atom stereocenters. The first-order valence-corrected chi connectivity index (χ1v) is 8.16. The molecule has 0 heterocycles. The molecule has 0 saturated carbocycles. The third-order valence-electron chi connectivity index (χ3n) is 2.89. The van der Waals surface area contributed by atoms with Gasteiger partial charge in [0.1, 0.15) is 5.75 Å². The Balaban J connectivity index is 2.47. The Morgan fingerprint density at radius 2 is 1.75 bits per heavy atom. The zero-order chi connectivity index (χ0) is 14.9. The molecule has 0 saturated heterocycles. The number of phenols is 1. The lowest BCUT2D eigenvalue weighted by Gasteiger charge is -2.12. The molecule has 0 aliphatic heterocycles. The number of nitrogens with one attached hydrogen (secondary N) is 1. The van der Waals surface area contributed by atoms with E-state index in [9.17, 15) is 13.5 Å². The highest BCUT2D eigenvalue weighted by Crippen LogP contribution is 2.28. The largest absolute Gasteiger partial charge is 0.506 e. The maximum absolute atomic E-state index is 12.4. The lowest BCUT2D eigenvalue weighted by Crippen LogP contribution is -2.14. The Labute approximate surface area is 126 Å². The van der Waals surface area contributed by atoms with Gasteiger partial charge in [-0.15, -0.1) is 0 Å². The first kappa shape index (κ1) is 14.9. The normalized spacial score (nSPS) is 11.3. The number of phenolic OH excluding ortho intramolecular Hbond substituents is 1. The molecule has 0 aliphatic rings. The van der Waals surface area contributed by atoms with Crippen LogP contribution >= 0.6 is 15.9 Å². The second kappa shape index (κ2) is 5.46. The molecule has 2 N–H and O–H groups in total. The fraction of sp³-hybridized carbons (Fsp3) is 0.143. The Bertz CT molecular complexity index is 757. The predicted molar refractivity (Wildman–Crippen MR) is 82.5 cm³/mol. The van der Waals surface area contributed by atoms with E-state index in [4.69, 9.17) is 0 Å². The maximum atomic E-state index is 12.4. The van der Waals surface area contributed by atoms with Crippen LogP contribution in [0.5, 0.6) is 5.75 Å². The van der Waals surface area contributed by atoms with Crippen molar-refractivity contribution in [1.82, 2.24) is 0 Å². The maximum Gasteiger partial charge on any atom is 0.262 e. The highest BCUT2D eigenvalue weighted by atomic mass is 79.9. The van der Waals surface area contributed by atoms with E-state index in [2.05, 4.69) is 20.7 Å². The molecule has 20 heavy (non-hydrogen) atoms. The van der Waals surface area contributed by atoms with Crippen LogP contribution < -0.4 is 4.72 Å². The molecule has 2 rings (SSSR count). The van der Waals surface area contributed by atoms with Crippen molar-refractivity contribution in [3.8, 4) is 5.75 Å². The number of sulfonamides is 1. The number of anilines is 1. The highest BCUT2D eigenvalue weighted by Gasteiger charge is 2.19. The minimum Gasteiger partial charge on any atom is -0.506 e. The quantitative estimate of drug-likeness (QED) is 0.827.